The van der Waals surface area contributed by atoms with Crippen molar-refractivity contribution in [2.45, 2.75) is 18.5 Å². The van der Waals surface area contributed by atoms with E-state index in [9.17, 15) is 18.0 Å². The molecular weight excluding hydrogens is 287 g/mol. The summed E-state index contributed by atoms with van der Waals surface area (Å²) in [4.78, 5) is 14.3. The highest BCUT2D eigenvalue weighted by Gasteiger charge is 2.32. The van der Waals surface area contributed by atoms with E-state index in [4.69, 9.17) is 5.11 Å². The molecule has 112 valence electrons. The van der Waals surface area contributed by atoms with E-state index in [1.54, 1.807) is 13.2 Å². The summed E-state index contributed by atoms with van der Waals surface area (Å²) in [5.41, 5.74) is 0.00590. The lowest BCUT2D eigenvalue weighted by molar-refractivity contribution is -0.141. The fraction of sp³-hybridized carbons (Fsp3) is 0.308. The number of pyridine rings is 1. The third kappa shape index (κ3) is 3.59. The number of hydrogen-bond donors (Lipinski definition) is 1. The maximum Gasteiger partial charge on any atom is 0.433 e. The van der Waals surface area contributed by atoms with Crippen LogP contribution in [0.2, 0.25) is 0 Å². The van der Waals surface area contributed by atoms with E-state index in [2.05, 4.69) is 10.1 Å². The van der Waals surface area contributed by atoms with Crippen LogP contribution < -0.4 is 0 Å². The summed E-state index contributed by atoms with van der Waals surface area (Å²) in [5, 5.41) is 12.9. The molecule has 0 spiro atoms. The molecule has 0 radical (unpaired) electrons. The van der Waals surface area contributed by atoms with Gasteiger partial charge in [-0.2, -0.15) is 18.3 Å². The SMILES string of the molecule is Cn1cc([C@H](CC(=O)O)c2ccc(C(F)(F)F)nc2)cn1. The number of aromatic nitrogens is 3. The second-order valence-corrected chi connectivity index (χ2v) is 4.57. The number of aryl methyl sites for hydroxylation is 1. The summed E-state index contributed by atoms with van der Waals surface area (Å²) in [6.45, 7) is 0. The molecular formula is C13H12F3N3O2. The van der Waals surface area contributed by atoms with Crippen molar-refractivity contribution < 1.29 is 23.1 Å². The zero-order valence-corrected chi connectivity index (χ0v) is 11.0. The predicted octanol–water partition coefficient (Wildman–Crippen LogP) is 2.44. The maximum absolute atomic E-state index is 12.5. The Kier molecular flexibility index (Phi) is 3.97. The number of halogens is 3. The van der Waals surface area contributed by atoms with Gasteiger partial charge in [0.15, 0.2) is 0 Å². The van der Waals surface area contributed by atoms with E-state index >= 15 is 0 Å². The van der Waals surface area contributed by atoms with Gasteiger partial charge in [-0.25, -0.2) is 0 Å². The highest BCUT2D eigenvalue weighted by atomic mass is 19.4. The molecule has 21 heavy (non-hydrogen) atoms. The summed E-state index contributed by atoms with van der Waals surface area (Å²) in [6.07, 6.45) is -0.589. The summed E-state index contributed by atoms with van der Waals surface area (Å²) in [5.74, 6) is -1.64. The van der Waals surface area contributed by atoms with E-state index in [-0.39, 0.29) is 6.42 Å². The molecule has 2 aromatic heterocycles. The summed E-state index contributed by atoms with van der Waals surface area (Å²) in [6, 6.07) is 2.09. The van der Waals surface area contributed by atoms with Crippen LogP contribution in [0.5, 0.6) is 0 Å². The van der Waals surface area contributed by atoms with Crippen molar-refractivity contribution in [3.8, 4) is 0 Å². The van der Waals surface area contributed by atoms with Crippen molar-refractivity contribution in [2.75, 3.05) is 0 Å². The number of rotatable bonds is 4. The Labute approximate surface area is 118 Å². The average Bonchev–Trinajstić information content (AvgIpc) is 2.81. The minimum Gasteiger partial charge on any atom is -0.481 e. The van der Waals surface area contributed by atoms with Crippen LogP contribution in [0.15, 0.2) is 30.7 Å². The molecule has 0 aliphatic heterocycles. The van der Waals surface area contributed by atoms with E-state index in [0.29, 0.717) is 11.1 Å². The quantitative estimate of drug-likeness (QED) is 0.941. The molecule has 2 aromatic rings. The van der Waals surface area contributed by atoms with Gasteiger partial charge in [0.25, 0.3) is 0 Å². The number of carbonyl (C=O) groups is 1. The van der Waals surface area contributed by atoms with E-state index in [1.807, 2.05) is 0 Å². The fourth-order valence-corrected chi connectivity index (χ4v) is 2.00. The second kappa shape index (κ2) is 5.55. The van der Waals surface area contributed by atoms with E-state index in [0.717, 1.165) is 12.3 Å². The highest BCUT2D eigenvalue weighted by molar-refractivity contribution is 5.69. The number of hydrogen-bond acceptors (Lipinski definition) is 3. The molecule has 1 atom stereocenters. The Bertz CT molecular complexity index is 635. The summed E-state index contributed by atoms with van der Waals surface area (Å²) >= 11 is 0. The molecule has 1 N–H and O–H groups in total. The molecule has 0 fully saturated rings. The predicted molar refractivity (Wildman–Crippen MR) is 66.5 cm³/mol. The Hall–Kier alpha value is -2.38. The van der Waals surface area contributed by atoms with Crippen LogP contribution in [-0.2, 0) is 18.0 Å². The third-order valence-corrected chi connectivity index (χ3v) is 2.99. The van der Waals surface area contributed by atoms with Gasteiger partial charge in [-0.3, -0.25) is 14.5 Å². The molecule has 0 saturated heterocycles. The molecule has 0 aromatic carbocycles. The molecule has 0 bridgehead atoms. The van der Waals surface area contributed by atoms with Gasteiger partial charge in [-0.15, -0.1) is 0 Å². The van der Waals surface area contributed by atoms with E-state index in [1.165, 1.54) is 16.9 Å². The zero-order chi connectivity index (χ0) is 15.6. The highest BCUT2D eigenvalue weighted by Crippen LogP contribution is 2.31. The van der Waals surface area contributed by atoms with Crippen LogP contribution >= 0.6 is 0 Å². The van der Waals surface area contributed by atoms with Crippen LogP contribution in [-0.4, -0.2) is 25.8 Å². The normalized spacial score (nSPS) is 13.1. The largest absolute Gasteiger partial charge is 0.481 e. The standard InChI is InChI=1S/C13H12F3N3O2/c1-19-7-9(6-18-19)10(4-12(20)21)8-2-3-11(17-5-8)13(14,15)16/h2-3,5-7,10H,4H2,1H3,(H,20,21)/t10-/m1/s1. The van der Waals surface area contributed by atoms with Crippen molar-refractivity contribution in [3.05, 3.63) is 47.5 Å². The summed E-state index contributed by atoms with van der Waals surface area (Å²) < 4.78 is 39.0. The Morgan fingerprint density at radius 1 is 1.33 bits per heavy atom. The lowest BCUT2D eigenvalue weighted by Crippen LogP contribution is -2.11. The molecule has 8 heteroatoms. The van der Waals surface area contributed by atoms with Gasteiger partial charge in [-0.05, 0) is 17.2 Å². The molecule has 5 nitrogen and oxygen atoms in total. The van der Waals surface area contributed by atoms with Crippen LogP contribution in [0.25, 0.3) is 0 Å². The Balaban J connectivity index is 2.35. The summed E-state index contributed by atoms with van der Waals surface area (Å²) in [7, 11) is 1.67. The average molecular weight is 299 g/mol. The Morgan fingerprint density at radius 2 is 2.05 bits per heavy atom. The topological polar surface area (TPSA) is 68.0 Å². The second-order valence-electron chi connectivity index (χ2n) is 4.57. The van der Waals surface area contributed by atoms with Crippen molar-refractivity contribution >= 4 is 5.97 Å². The van der Waals surface area contributed by atoms with Crippen molar-refractivity contribution in [1.29, 1.82) is 0 Å². The minimum absolute atomic E-state index is 0.251. The van der Waals surface area contributed by atoms with Crippen LogP contribution in [0.1, 0.15) is 29.2 Å². The first-order valence-corrected chi connectivity index (χ1v) is 6.01. The monoisotopic (exact) mass is 299 g/mol. The number of alkyl halides is 3. The molecule has 0 amide bonds. The van der Waals surface area contributed by atoms with Crippen molar-refractivity contribution in [1.82, 2.24) is 14.8 Å². The van der Waals surface area contributed by atoms with Crippen LogP contribution in [0.4, 0.5) is 13.2 Å². The fourth-order valence-electron chi connectivity index (χ4n) is 2.00. The first-order chi connectivity index (χ1) is 9.77. The van der Waals surface area contributed by atoms with Gasteiger partial charge in [-0.1, -0.05) is 6.07 Å². The lowest BCUT2D eigenvalue weighted by atomic mass is 9.91. The minimum atomic E-state index is -4.52. The smallest absolute Gasteiger partial charge is 0.433 e. The molecule has 2 heterocycles. The molecule has 0 saturated carbocycles. The van der Waals surface area contributed by atoms with Gasteiger partial charge in [0.1, 0.15) is 5.69 Å². The van der Waals surface area contributed by atoms with Crippen molar-refractivity contribution in [3.63, 3.8) is 0 Å². The molecule has 0 aliphatic carbocycles. The van der Waals surface area contributed by atoms with Gasteiger partial charge < -0.3 is 5.11 Å². The number of carboxylic acid groups (broad SMARTS) is 1. The third-order valence-electron chi connectivity index (χ3n) is 2.99. The molecule has 0 aliphatic rings. The van der Waals surface area contributed by atoms with Gasteiger partial charge in [0, 0.05) is 25.4 Å². The molecule has 0 unspecified atom stereocenters. The van der Waals surface area contributed by atoms with Crippen LogP contribution in [0.3, 0.4) is 0 Å². The molecule has 2 rings (SSSR count). The zero-order valence-electron chi connectivity index (χ0n) is 11.0. The number of carboxylic acids is 1. The van der Waals surface area contributed by atoms with Crippen LogP contribution in [0, 0.1) is 0 Å². The van der Waals surface area contributed by atoms with Crippen molar-refractivity contribution in [2.24, 2.45) is 7.05 Å². The lowest BCUT2D eigenvalue weighted by Gasteiger charge is -2.14. The number of nitrogens with zero attached hydrogens (tertiary/aromatic N) is 3. The van der Waals surface area contributed by atoms with Gasteiger partial charge >= 0.3 is 12.1 Å². The van der Waals surface area contributed by atoms with E-state index < -0.39 is 23.8 Å². The Morgan fingerprint density at radius 3 is 2.48 bits per heavy atom. The van der Waals surface area contributed by atoms with Gasteiger partial charge in [0.2, 0.25) is 0 Å². The maximum atomic E-state index is 12.5. The van der Waals surface area contributed by atoms with Gasteiger partial charge in [0.05, 0.1) is 12.6 Å². The first-order valence-electron chi connectivity index (χ1n) is 6.01. The number of aliphatic carboxylic acids is 1. The first kappa shape index (κ1) is 15.0.